The highest BCUT2D eigenvalue weighted by Crippen LogP contribution is 2.39. The zero-order chi connectivity index (χ0) is 18.2. The first kappa shape index (κ1) is 18.1. The summed E-state index contributed by atoms with van der Waals surface area (Å²) in [5.41, 5.74) is 8.80. The van der Waals surface area contributed by atoms with Crippen LogP contribution in [0.25, 0.3) is 11.2 Å². The van der Waals surface area contributed by atoms with Crippen LogP contribution < -0.4 is 5.73 Å². The van der Waals surface area contributed by atoms with Gasteiger partial charge in [-0.3, -0.25) is 0 Å². The van der Waals surface area contributed by atoms with E-state index in [1.807, 2.05) is 4.57 Å². The first-order valence-corrected chi connectivity index (χ1v) is 11.8. The van der Waals surface area contributed by atoms with Crippen molar-refractivity contribution >= 4 is 25.3 Å². The maximum absolute atomic E-state index is 6.39. The molecule has 1 aliphatic carbocycles. The van der Waals surface area contributed by atoms with E-state index in [4.69, 9.17) is 10.2 Å². The molecule has 2 N–H and O–H groups in total. The second kappa shape index (κ2) is 6.53. The van der Waals surface area contributed by atoms with Gasteiger partial charge in [0.1, 0.15) is 11.8 Å². The number of rotatable bonds is 5. The molecule has 0 radical (unpaired) electrons. The van der Waals surface area contributed by atoms with E-state index in [9.17, 15) is 0 Å². The number of aromatic nitrogens is 4. The van der Waals surface area contributed by atoms with Crippen LogP contribution in [0, 0.1) is 5.92 Å². The fourth-order valence-corrected chi connectivity index (χ4v) is 3.80. The Morgan fingerprint density at radius 3 is 2.72 bits per heavy atom. The fraction of sp³-hybridized carbons (Fsp3) is 0.611. The van der Waals surface area contributed by atoms with Crippen molar-refractivity contribution in [3.63, 3.8) is 0 Å². The molecule has 3 rings (SSSR count). The summed E-state index contributed by atoms with van der Waals surface area (Å²) in [4.78, 5) is 12.6. The largest absolute Gasteiger partial charge is 0.416 e. The first-order valence-electron chi connectivity index (χ1n) is 8.93. The Balaban J connectivity index is 1.63. The van der Waals surface area contributed by atoms with Gasteiger partial charge in [0.2, 0.25) is 0 Å². The molecule has 2 aromatic heterocycles. The molecule has 0 amide bonds. The van der Waals surface area contributed by atoms with Crippen molar-refractivity contribution in [2.24, 2.45) is 5.92 Å². The fourth-order valence-electron chi connectivity index (χ4n) is 2.75. The third-order valence-electron chi connectivity index (χ3n) is 5.74. The van der Waals surface area contributed by atoms with Crippen LogP contribution in [0.1, 0.15) is 33.6 Å². The zero-order valence-electron chi connectivity index (χ0n) is 15.9. The van der Waals surface area contributed by atoms with Crippen molar-refractivity contribution in [1.82, 2.24) is 19.5 Å². The van der Waals surface area contributed by atoms with E-state index in [0.717, 1.165) is 25.2 Å². The highest BCUT2D eigenvalue weighted by atomic mass is 28.4. The lowest BCUT2D eigenvalue weighted by Crippen LogP contribution is -2.42. The van der Waals surface area contributed by atoms with Crippen LogP contribution in [-0.4, -0.2) is 34.4 Å². The summed E-state index contributed by atoms with van der Waals surface area (Å²) >= 11 is 0. The number of anilines is 1. The summed E-state index contributed by atoms with van der Waals surface area (Å²) < 4.78 is 8.41. The van der Waals surface area contributed by atoms with Crippen molar-refractivity contribution in [3.05, 3.63) is 24.3 Å². The van der Waals surface area contributed by atoms with E-state index in [1.165, 1.54) is 18.3 Å². The van der Waals surface area contributed by atoms with Crippen molar-refractivity contribution in [3.8, 4) is 0 Å². The normalized spacial score (nSPS) is 20.2. The smallest absolute Gasteiger partial charge is 0.192 e. The number of nitrogens with two attached hydrogens (primary N) is 1. The van der Waals surface area contributed by atoms with Gasteiger partial charge in [-0.15, -0.1) is 0 Å². The predicted molar refractivity (Wildman–Crippen MR) is 104 cm³/mol. The number of hydrogen-bond donors (Lipinski definition) is 1. The molecule has 0 aromatic carbocycles. The van der Waals surface area contributed by atoms with Gasteiger partial charge in [0, 0.05) is 19.1 Å². The highest BCUT2D eigenvalue weighted by molar-refractivity contribution is 6.74. The van der Waals surface area contributed by atoms with Gasteiger partial charge in [-0.05, 0) is 31.0 Å². The molecule has 0 saturated heterocycles. The highest BCUT2D eigenvalue weighted by Gasteiger charge is 2.38. The minimum atomic E-state index is -1.67. The topological polar surface area (TPSA) is 78.9 Å². The Bertz CT molecular complexity index is 790. The van der Waals surface area contributed by atoms with E-state index in [1.54, 1.807) is 6.33 Å². The molecule has 136 valence electrons. The van der Waals surface area contributed by atoms with Gasteiger partial charge in [0.15, 0.2) is 19.8 Å². The molecule has 0 spiro atoms. The number of allylic oxidation sites excluding steroid dienone is 1. The zero-order valence-corrected chi connectivity index (χ0v) is 16.9. The molecule has 0 bridgehead atoms. The monoisotopic (exact) mass is 359 g/mol. The van der Waals surface area contributed by atoms with E-state index in [0.29, 0.717) is 17.3 Å². The lowest BCUT2D eigenvalue weighted by molar-refractivity contribution is 0.213. The third-order valence-corrected chi connectivity index (χ3v) is 10.2. The lowest BCUT2D eigenvalue weighted by Gasteiger charge is -2.39. The van der Waals surface area contributed by atoms with Gasteiger partial charge in [0.05, 0.1) is 6.33 Å². The average Bonchev–Trinajstić information content (AvgIpc) is 2.90. The summed E-state index contributed by atoms with van der Waals surface area (Å²) in [5, 5.41) is 0.260. The quantitative estimate of drug-likeness (QED) is 0.649. The summed E-state index contributed by atoms with van der Waals surface area (Å²) in [5.74, 6) is 0.990. The number of hydrogen-bond acceptors (Lipinski definition) is 5. The van der Waals surface area contributed by atoms with Crippen LogP contribution in [0.4, 0.5) is 5.82 Å². The van der Waals surface area contributed by atoms with Gasteiger partial charge in [-0.1, -0.05) is 32.4 Å². The van der Waals surface area contributed by atoms with Crippen molar-refractivity contribution in [2.75, 3.05) is 12.3 Å². The van der Waals surface area contributed by atoms with Crippen LogP contribution >= 0.6 is 0 Å². The van der Waals surface area contributed by atoms with Crippen molar-refractivity contribution in [1.29, 1.82) is 0 Å². The molecule has 25 heavy (non-hydrogen) atoms. The molecule has 1 fully saturated rings. The molecule has 1 unspecified atom stereocenters. The molecule has 2 heterocycles. The Hall–Kier alpha value is -1.73. The Kier molecular flexibility index (Phi) is 4.72. The van der Waals surface area contributed by atoms with E-state index < -0.39 is 8.32 Å². The second-order valence-electron chi connectivity index (χ2n) is 8.41. The molecule has 1 aliphatic rings. The average molecular weight is 360 g/mol. The first-order chi connectivity index (χ1) is 11.7. The molecule has 7 heteroatoms. The predicted octanol–water partition coefficient (Wildman–Crippen LogP) is 3.77. The van der Waals surface area contributed by atoms with Crippen molar-refractivity contribution < 1.29 is 4.43 Å². The third kappa shape index (κ3) is 3.62. The number of imidazole rings is 1. The maximum Gasteiger partial charge on any atom is 0.192 e. The molecule has 1 atom stereocenters. The Morgan fingerprint density at radius 2 is 2.08 bits per heavy atom. The Labute approximate surface area is 150 Å². The van der Waals surface area contributed by atoms with E-state index >= 15 is 0 Å². The molecule has 6 nitrogen and oxygen atoms in total. The van der Waals surface area contributed by atoms with Gasteiger partial charge in [0.25, 0.3) is 0 Å². The van der Waals surface area contributed by atoms with Crippen LogP contribution in [0.2, 0.25) is 18.1 Å². The number of nitrogens with zero attached hydrogens (tertiary/aromatic N) is 4. The minimum Gasteiger partial charge on any atom is -0.416 e. The lowest BCUT2D eigenvalue weighted by atomic mass is 9.80. The van der Waals surface area contributed by atoms with Gasteiger partial charge >= 0.3 is 0 Å². The summed E-state index contributed by atoms with van der Waals surface area (Å²) in [6.45, 7) is 13.1. The van der Waals surface area contributed by atoms with Crippen LogP contribution in [0.15, 0.2) is 24.3 Å². The Morgan fingerprint density at radius 1 is 1.32 bits per heavy atom. The molecule has 0 aliphatic heterocycles. The molecule has 2 aromatic rings. The van der Waals surface area contributed by atoms with Gasteiger partial charge in [-0.25, -0.2) is 15.0 Å². The van der Waals surface area contributed by atoms with Crippen LogP contribution in [-0.2, 0) is 11.0 Å². The van der Waals surface area contributed by atoms with E-state index in [2.05, 4.69) is 54.9 Å². The SMILES string of the molecule is CC(C)(C)[Si](C)(C)OCC1CC/C1=C/Cn1cnc2c(N)ncnc21. The van der Waals surface area contributed by atoms with Crippen LogP contribution in [0.5, 0.6) is 0 Å². The molecule has 1 saturated carbocycles. The summed E-state index contributed by atoms with van der Waals surface area (Å²) in [6, 6.07) is 0. The standard InChI is InChI=1S/C18H29N5OSi/c1-18(2,3)25(4,5)24-10-14-7-6-13(14)8-9-23-12-22-15-16(19)20-11-21-17(15)23/h8,11-12,14H,6-7,9-10H2,1-5H3,(H2,19,20,21)/b13-8-. The van der Waals surface area contributed by atoms with Crippen molar-refractivity contribution in [2.45, 2.75) is 58.3 Å². The van der Waals surface area contributed by atoms with Gasteiger partial charge in [-0.2, -0.15) is 0 Å². The van der Waals surface area contributed by atoms with Crippen LogP contribution in [0.3, 0.4) is 0 Å². The summed E-state index contributed by atoms with van der Waals surface area (Å²) in [7, 11) is -1.67. The second-order valence-corrected chi connectivity index (χ2v) is 13.2. The van der Waals surface area contributed by atoms with E-state index in [-0.39, 0.29) is 5.04 Å². The minimum absolute atomic E-state index is 0.260. The maximum atomic E-state index is 6.39. The van der Waals surface area contributed by atoms with Gasteiger partial charge < -0.3 is 14.7 Å². The molecular weight excluding hydrogens is 330 g/mol. The molecular formula is C18H29N5OSi. The number of fused-ring (bicyclic) bond motifs is 1. The number of nitrogen functional groups attached to an aromatic ring is 1. The summed E-state index contributed by atoms with van der Waals surface area (Å²) in [6.07, 6.45) is 7.95.